The summed E-state index contributed by atoms with van der Waals surface area (Å²) < 4.78 is 0. The summed E-state index contributed by atoms with van der Waals surface area (Å²) >= 11 is 0. The molecule has 0 aliphatic carbocycles. The third kappa shape index (κ3) is 31.9. The van der Waals surface area contributed by atoms with Crippen LogP contribution in [0.15, 0.2) is 0 Å². The summed E-state index contributed by atoms with van der Waals surface area (Å²) in [5.74, 6) is -0.141. The average molecular weight is 654 g/mol. The molecule has 5 nitrogen and oxygen atoms in total. The number of amides is 1. The van der Waals surface area contributed by atoms with Crippen molar-refractivity contribution in [2.45, 2.75) is 250 Å². The fourth-order valence-electron chi connectivity index (χ4n) is 6.69. The van der Waals surface area contributed by atoms with E-state index in [1.165, 1.54) is 167 Å². The fourth-order valence-corrected chi connectivity index (χ4v) is 6.69. The summed E-state index contributed by atoms with van der Waals surface area (Å²) in [6.07, 6.45) is 40.6. The smallest absolute Gasteiger partial charge is 0.220 e. The zero-order chi connectivity index (χ0) is 33.8. The van der Waals surface area contributed by atoms with E-state index in [4.69, 9.17) is 0 Å². The third-order valence-corrected chi connectivity index (χ3v) is 9.96. The first-order valence-corrected chi connectivity index (χ1v) is 20.8. The van der Waals surface area contributed by atoms with Crippen LogP contribution in [-0.2, 0) is 4.79 Å². The summed E-state index contributed by atoms with van der Waals surface area (Å²) in [6, 6.07) is -0.801. The van der Waals surface area contributed by atoms with Crippen LogP contribution in [0.1, 0.15) is 232 Å². The highest BCUT2D eigenvalue weighted by Gasteiger charge is 2.26. The van der Waals surface area contributed by atoms with Gasteiger partial charge in [0.2, 0.25) is 5.91 Å². The van der Waals surface area contributed by atoms with E-state index < -0.39 is 18.2 Å². The maximum atomic E-state index is 12.4. The van der Waals surface area contributed by atoms with Crippen LogP contribution in [0.25, 0.3) is 0 Å². The molecule has 0 radical (unpaired) electrons. The minimum Gasteiger partial charge on any atom is -0.394 e. The number of carbonyl (C=O) groups excluding carboxylic acids is 1. The molecular formula is C41H83NO4. The first-order valence-electron chi connectivity index (χ1n) is 20.8. The topological polar surface area (TPSA) is 89.8 Å². The Morgan fingerprint density at radius 2 is 0.739 bits per heavy atom. The van der Waals surface area contributed by atoms with Crippen LogP contribution in [0, 0.1) is 0 Å². The van der Waals surface area contributed by atoms with Crippen molar-refractivity contribution in [3.8, 4) is 0 Å². The van der Waals surface area contributed by atoms with Gasteiger partial charge >= 0.3 is 0 Å². The number of rotatable bonds is 38. The van der Waals surface area contributed by atoms with E-state index in [9.17, 15) is 20.1 Å². The Balaban J connectivity index is 3.56. The van der Waals surface area contributed by atoms with Crippen molar-refractivity contribution in [1.82, 2.24) is 5.32 Å². The summed E-state index contributed by atoms with van der Waals surface area (Å²) in [7, 11) is 0. The van der Waals surface area contributed by atoms with Gasteiger partial charge in [0.1, 0.15) is 6.10 Å². The first kappa shape index (κ1) is 45.3. The van der Waals surface area contributed by atoms with E-state index in [0.29, 0.717) is 12.8 Å². The molecule has 0 aliphatic rings. The number of carbonyl (C=O) groups is 1. The van der Waals surface area contributed by atoms with E-state index in [0.717, 1.165) is 38.5 Å². The van der Waals surface area contributed by atoms with Gasteiger partial charge in [0.15, 0.2) is 0 Å². The van der Waals surface area contributed by atoms with Crippen LogP contribution in [0.4, 0.5) is 0 Å². The van der Waals surface area contributed by atoms with Crippen molar-refractivity contribution in [1.29, 1.82) is 0 Å². The van der Waals surface area contributed by atoms with Crippen LogP contribution in [0.2, 0.25) is 0 Å². The monoisotopic (exact) mass is 654 g/mol. The van der Waals surface area contributed by atoms with Crippen molar-refractivity contribution < 1.29 is 20.1 Å². The van der Waals surface area contributed by atoms with Crippen LogP contribution >= 0.6 is 0 Å². The predicted octanol–water partition coefficient (Wildman–Crippen LogP) is 11.5. The Labute approximate surface area is 287 Å². The molecule has 0 rings (SSSR count). The summed E-state index contributed by atoms with van der Waals surface area (Å²) in [5.41, 5.74) is 0. The van der Waals surface area contributed by atoms with Gasteiger partial charge in [0.05, 0.1) is 18.8 Å². The molecule has 0 aromatic rings. The Kier molecular flexibility index (Phi) is 36.6. The largest absolute Gasteiger partial charge is 0.394 e. The van der Waals surface area contributed by atoms with Crippen LogP contribution in [0.5, 0.6) is 0 Å². The molecule has 5 heteroatoms. The molecule has 0 aromatic carbocycles. The van der Waals surface area contributed by atoms with Gasteiger partial charge in [-0.25, -0.2) is 0 Å². The molecule has 0 unspecified atom stereocenters. The molecule has 0 saturated carbocycles. The maximum absolute atomic E-state index is 12.4. The van der Waals surface area contributed by atoms with Gasteiger partial charge in [-0.1, -0.05) is 213 Å². The molecule has 1 amide bonds. The SMILES string of the molecule is CCCCCCCCCCCCCCCCCCCCCCCC(=O)N[C@@H](CO)[C@H](O)[C@H](O)CCCCCCCCCCCCC. The number of nitrogens with one attached hydrogen (secondary N) is 1. The number of aliphatic hydroxyl groups is 3. The molecule has 0 bridgehead atoms. The predicted molar refractivity (Wildman–Crippen MR) is 199 cm³/mol. The van der Waals surface area contributed by atoms with Crippen LogP contribution < -0.4 is 5.32 Å². The molecule has 0 aromatic heterocycles. The van der Waals surface area contributed by atoms with Crippen LogP contribution in [-0.4, -0.2) is 46.1 Å². The van der Waals surface area contributed by atoms with Crippen molar-refractivity contribution in [3.63, 3.8) is 0 Å². The minimum absolute atomic E-state index is 0.141. The maximum Gasteiger partial charge on any atom is 0.220 e. The van der Waals surface area contributed by atoms with Crippen molar-refractivity contribution in [2.75, 3.05) is 6.61 Å². The molecular weight excluding hydrogens is 570 g/mol. The van der Waals surface area contributed by atoms with Gasteiger partial charge in [-0.2, -0.15) is 0 Å². The highest BCUT2D eigenvalue weighted by atomic mass is 16.3. The highest BCUT2D eigenvalue weighted by molar-refractivity contribution is 5.76. The molecule has 0 saturated heterocycles. The Morgan fingerprint density at radius 3 is 1.04 bits per heavy atom. The molecule has 3 atom stereocenters. The Hall–Kier alpha value is -0.650. The lowest BCUT2D eigenvalue weighted by Gasteiger charge is -2.26. The second-order valence-corrected chi connectivity index (χ2v) is 14.6. The fraction of sp³-hybridized carbons (Fsp3) is 0.976. The number of hydrogen-bond acceptors (Lipinski definition) is 4. The van der Waals surface area contributed by atoms with Gasteiger partial charge in [-0.3, -0.25) is 4.79 Å². The number of aliphatic hydroxyl groups excluding tert-OH is 3. The van der Waals surface area contributed by atoms with Crippen molar-refractivity contribution in [2.24, 2.45) is 0 Å². The van der Waals surface area contributed by atoms with Gasteiger partial charge in [0, 0.05) is 6.42 Å². The second kappa shape index (κ2) is 37.2. The summed E-state index contributed by atoms with van der Waals surface area (Å²) in [6.45, 7) is 4.18. The lowest BCUT2D eigenvalue weighted by atomic mass is 9.99. The highest BCUT2D eigenvalue weighted by Crippen LogP contribution is 2.17. The van der Waals surface area contributed by atoms with Gasteiger partial charge in [-0.15, -0.1) is 0 Å². The lowest BCUT2D eigenvalue weighted by molar-refractivity contribution is -0.124. The van der Waals surface area contributed by atoms with Gasteiger partial charge < -0.3 is 20.6 Å². The molecule has 276 valence electrons. The Bertz CT molecular complexity index is 601. The van der Waals surface area contributed by atoms with E-state index in [1.807, 2.05) is 0 Å². The zero-order valence-electron chi connectivity index (χ0n) is 31.2. The zero-order valence-corrected chi connectivity index (χ0v) is 31.2. The quantitative estimate of drug-likeness (QED) is 0.0499. The van der Waals surface area contributed by atoms with E-state index in [-0.39, 0.29) is 12.5 Å². The Morgan fingerprint density at radius 1 is 0.457 bits per heavy atom. The first-order chi connectivity index (χ1) is 22.6. The molecule has 0 aliphatic heterocycles. The molecule has 0 spiro atoms. The number of hydrogen-bond donors (Lipinski definition) is 4. The van der Waals surface area contributed by atoms with E-state index in [1.54, 1.807) is 0 Å². The molecule has 0 heterocycles. The molecule has 0 fully saturated rings. The van der Waals surface area contributed by atoms with Crippen molar-refractivity contribution >= 4 is 5.91 Å². The van der Waals surface area contributed by atoms with E-state index >= 15 is 0 Å². The molecule has 4 N–H and O–H groups in total. The third-order valence-electron chi connectivity index (χ3n) is 9.96. The van der Waals surface area contributed by atoms with Gasteiger partial charge in [-0.05, 0) is 12.8 Å². The lowest BCUT2D eigenvalue weighted by Crippen LogP contribution is -2.50. The summed E-state index contributed by atoms with van der Waals surface area (Å²) in [4.78, 5) is 12.4. The number of unbranched alkanes of at least 4 members (excludes halogenated alkanes) is 30. The minimum atomic E-state index is -1.13. The van der Waals surface area contributed by atoms with Gasteiger partial charge in [0.25, 0.3) is 0 Å². The average Bonchev–Trinajstić information content (AvgIpc) is 3.06. The standard InChI is InChI=1S/C41H83NO4/c1-3-5-7-9-11-13-15-16-17-18-19-20-21-22-23-24-26-28-30-32-34-36-40(45)42-38(37-43)41(46)39(44)35-33-31-29-27-25-14-12-10-8-6-4-2/h38-39,41,43-44,46H,3-37H2,1-2H3,(H,42,45)/t38-,39+,41-/m0/s1. The summed E-state index contributed by atoms with van der Waals surface area (Å²) in [5, 5.41) is 33.4. The van der Waals surface area contributed by atoms with Crippen LogP contribution in [0.3, 0.4) is 0 Å². The normalized spacial score (nSPS) is 13.6. The second-order valence-electron chi connectivity index (χ2n) is 14.6. The molecule has 46 heavy (non-hydrogen) atoms. The van der Waals surface area contributed by atoms with E-state index in [2.05, 4.69) is 19.2 Å². The van der Waals surface area contributed by atoms with Crippen molar-refractivity contribution in [3.05, 3.63) is 0 Å².